The first-order chi connectivity index (χ1) is 23.3. The maximum absolute atomic E-state index is 6.41. The van der Waals surface area contributed by atoms with Crippen LogP contribution in [-0.2, 0) is 6.42 Å². The second-order valence-corrected chi connectivity index (χ2v) is 12.7. The van der Waals surface area contributed by atoms with Gasteiger partial charge < -0.3 is 4.42 Å². The molecule has 0 saturated heterocycles. The monoisotopic (exact) mass is 598 g/mol. The third kappa shape index (κ3) is 4.10. The van der Waals surface area contributed by atoms with Crippen LogP contribution >= 0.6 is 0 Å². The highest BCUT2D eigenvalue weighted by molar-refractivity contribution is 6.22. The summed E-state index contributed by atoms with van der Waals surface area (Å²) in [5.41, 5.74) is 12.1. The van der Waals surface area contributed by atoms with E-state index in [1.54, 1.807) is 0 Å². The average Bonchev–Trinajstić information content (AvgIpc) is 3.52. The minimum atomic E-state index is 0.947. The van der Waals surface area contributed by atoms with Crippen molar-refractivity contribution in [2.75, 3.05) is 0 Å². The van der Waals surface area contributed by atoms with Gasteiger partial charge in [-0.15, -0.1) is 0 Å². The van der Waals surface area contributed by atoms with E-state index in [1.165, 1.54) is 87.6 Å². The van der Waals surface area contributed by atoms with Crippen LogP contribution in [0.3, 0.4) is 0 Å². The van der Waals surface area contributed by atoms with E-state index in [0.29, 0.717) is 0 Å². The fourth-order valence-corrected chi connectivity index (χ4v) is 7.95. The molecule has 0 amide bonds. The first-order valence-corrected chi connectivity index (χ1v) is 16.5. The summed E-state index contributed by atoms with van der Waals surface area (Å²) in [6.45, 7) is 0. The largest absolute Gasteiger partial charge is 0.456 e. The van der Waals surface area contributed by atoms with Crippen molar-refractivity contribution in [1.82, 2.24) is 0 Å². The summed E-state index contributed by atoms with van der Waals surface area (Å²) in [5.74, 6) is 0. The molecule has 9 aromatic rings. The standard InChI is InChI=1S/C46H30O/c1-2-12-31-26-33(21-20-29(31)10-1)32-13-9-14-34(27-32)44-37-16-5-7-18-39(37)45(40-19-8-6-17-38(40)44)35-23-24-42-41(28-35)46-36-15-4-3-11-30(36)22-25-43(46)47-42/h1-3,5-14,16-28H,4,15H2. The minimum Gasteiger partial charge on any atom is -0.456 e. The Hall–Kier alpha value is -5.92. The summed E-state index contributed by atoms with van der Waals surface area (Å²) < 4.78 is 6.41. The van der Waals surface area contributed by atoms with Gasteiger partial charge in [0.15, 0.2) is 0 Å². The lowest BCUT2D eigenvalue weighted by atomic mass is 9.85. The van der Waals surface area contributed by atoms with Gasteiger partial charge in [0.1, 0.15) is 11.2 Å². The quantitative estimate of drug-likeness (QED) is 0.184. The molecule has 1 heterocycles. The van der Waals surface area contributed by atoms with Gasteiger partial charge >= 0.3 is 0 Å². The number of allylic oxidation sites excluding steroid dienone is 1. The van der Waals surface area contributed by atoms with Crippen LogP contribution in [0.2, 0.25) is 0 Å². The molecule has 0 unspecified atom stereocenters. The summed E-state index contributed by atoms with van der Waals surface area (Å²) >= 11 is 0. The van der Waals surface area contributed by atoms with Crippen LogP contribution in [0, 0.1) is 0 Å². The Morgan fingerprint density at radius 3 is 1.81 bits per heavy atom. The van der Waals surface area contributed by atoms with E-state index in [2.05, 4.69) is 158 Å². The molecule has 0 spiro atoms. The number of rotatable bonds is 3. The first-order valence-electron chi connectivity index (χ1n) is 16.5. The number of hydrogen-bond acceptors (Lipinski definition) is 1. The summed E-state index contributed by atoms with van der Waals surface area (Å²) in [6.07, 6.45) is 6.65. The van der Waals surface area contributed by atoms with Gasteiger partial charge in [-0.05, 0) is 120 Å². The smallest absolute Gasteiger partial charge is 0.135 e. The molecule has 0 radical (unpaired) electrons. The van der Waals surface area contributed by atoms with Crippen LogP contribution < -0.4 is 0 Å². The van der Waals surface area contributed by atoms with Gasteiger partial charge in [-0.1, -0.05) is 127 Å². The van der Waals surface area contributed by atoms with Gasteiger partial charge in [-0.2, -0.15) is 0 Å². The summed E-state index contributed by atoms with van der Waals surface area (Å²) in [5, 5.41) is 10.0. The van der Waals surface area contributed by atoms with Gasteiger partial charge in [-0.25, -0.2) is 0 Å². The molecule has 47 heavy (non-hydrogen) atoms. The van der Waals surface area contributed by atoms with Crippen molar-refractivity contribution in [1.29, 1.82) is 0 Å². The van der Waals surface area contributed by atoms with Crippen LogP contribution in [-0.4, -0.2) is 0 Å². The highest BCUT2D eigenvalue weighted by Gasteiger charge is 2.20. The van der Waals surface area contributed by atoms with Crippen molar-refractivity contribution >= 4 is 60.3 Å². The fraction of sp³-hybridized carbons (Fsp3) is 0.0435. The number of hydrogen-bond donors (Lipinski definition) is 0. The van der Waals surface area contributed by atoms with Crippen LogP contribution in [0.25, 0.3) is 93.7 Å². The molecule has 0 saturated carbocycles. The lowest BCUT2D eigenvalue weighted by molar-refractivity contribution is 0.668. The maximum Gasteiger partial charge on any atom is 0.135 e. The van der Waals surface area contributed by atoms with Crippen molar-refractivity contribution in [3.05, 3.63) is 163 Å². The molecule has 10 rings (SSSR count). The van der Waals surface area contributed by atoms with E-state index >= 15 is 0 Å². The van der Waals surface area contributed by atoms with Gasteiger partial charge in [-0.3, -0.25) is 0 Å². The zero-order valence-corrected chi connectivity index (χ0v) is 25.8. The van der Waals surface area contributed by atoms with Crippen molar-refractivity contribution in [2.45, 2.75) is 12.8 Å². The predicted octanol–water partition coefficient (Wildman–Crippen LogP) is 13.0. The van der Waals surface area contributed by atoms with E-state index in [4.69, 9.17) is 4.42 Å². The molecule has 1 aliphatic rings. The molecule has 1 aromatic heterocycles. The Morgan fingerprint density at radius 1 is 0.426 bits per heavy atom. The van der Waals surface area contributed by atoms with Gasteiger partial charge in [0.25, 0.3) is 0 Å². The molecule has 1 aliphatic carbocycles. The Bertz CT molecular complexity index is 2680. The summed E-state index contributed by atoms with van der Waals surface area (Å²) in [4.78, 5) is 0. The van der Waals surface area contributed by atoms with Crippen molar-refractivity contribution in [3.8, 4) is 33.4 Å². The molecular formula is C46H30O. The molecule has 220 valence electrons. The highest BCUT2D eigenvalue weighted by Crippen LogP contribution is 2.46. The molecule has 0 bridgehead atoms. The zero-order chi connectivity index (χ0) is 30.9. The van der Waals surface area contributed by atoms with Crippen molar-refractivity contribution in [2.24, 2.45) is 0 Å². The lowest BCUT2D eigenvalue weighted by Gasteiger charge is -2.18. The van der Waals surface area contributed by atoms with E-state index in [1.807, 2.05) is 0 Å². The van der Waals surface area contributed by atoms with E-state index in [-0.39, 0.29) is 0 Å². The zero-order valence-electron chi connectivity index (χ0n) is 25.8. The number of benzene rings is 8. The summed E-state index contributed by atoms with van der Waals surface area (Å²) in [6, 6.07) is 53.3. The molecule has 8 aromatic carbocycles. The van der Waals surface area contributed by atoms with Crippen LogP contribution in [0.1, 0.15) is 17.5 Å². The molecule has 1 heteroatoms. The highest BCUT2D eigenvalue weighted by atomic mass is 16.3. The van der Waals surface area contributed by atoms with E-state index in [9.17, 15) is 0 Å². The Labute approximate surface area is 273 Å². The second-order valence-electron chi connectivity index (χ2n) is 12.7. The maximum atomic E-state index is 6.41. The minimum absolute atomic E-state index is 0.947. The summed E-state index contributed by atoms with van der Waals surface area (Å²) in [7, 11) is 0. The molecule has 0 aliphatic heterocycles. The molecular weight excluding hydrogens is 569 g/mol. The molecule has 0 N–H and O–H groups in total. The molecule has 0 atom stereocenters. The van der Waals surface area contributed by atoms with Gasteiger partial charge in [0.05, 0.1) is 0 Å². The second kappa shape index (κ2) is 10.3. The topological polar surface area (TPSA) is 13.1 Å². The average molecular weight is 599 g/mol. The van der Waals surface area contributed by atoms with E-state index in [0.717, 1.165) is 24.0 Å². The number of aryl methyl sites for hydroxylation is 1. The van der Waals surface area contributed by atoms with Gasteiger partial charge in [0.2, 0.25) is 0 Å². The number of fused-ring (bicyclic) bond motifs is 8. The van der Waals surface area contributed by atoms with Crippen molar-refractivity contribution in [3.63, 3.8) is 0 Å². The molecule has 1 nitrogen and oxygen atoms in total. The predicted molar refractivity (Wildman–Crippen MR) is 200 cm³/mol. The van der Waals surface area contributed by atoms with Crippen molar-refractivity contribution < 1.29 is 4.42 Å². The Morgan fingerprint density at radius 2 is 1.04 bits per heavy atom. The fourth-order valence-electron chi connectivity index (χ4n) is 7.95. The molecule has 0 fully saturated rings. The van der Waals surface area contributed by atoms with E-state index < -0.39 is 0 Å². The van der Waals surface area contributed by atoms with Crippen LogP contribution in [0.15, 0.2) is 156 Å². The van der Waals surface area contributed by atoms with Crippen LogP contribution in [0.5, 0.6) is 0 Å². The SMILES string of the molecule is C1=Cc2ccc3oc4ccc(-c5c6ccccc6c(-c6cccc(-c7ccc8ccccc8c7)c6)c6ccccc56)cc4c3c2CC1. The van der Waals surface area contributed by atoms with Gasteiger partial charge in [0, 0.05) is 10.8 Å². The normalized spacial score (nSPS) is 12.9. The first kappa shape index (κ1) is 26.3. The number of furan rings is 1. The third-order valence-corrected chi connectivity index (χ3v) is 10.1. The Balaban J connectivity index is 1.22. The Kier molecular flexibility index (Phi) is 5.77. The van der Waals surface area contributed by atoms with Crippen LogP contribution in [0.4, 0.5) is 0 Å². The third-order valence-electron chi connectivity index (χ3n) is 10.1. The lowest BCUT2D eigenvalue weighted by Crippen LogP contribution is -1.94.